The van der Waals surface area contributed by atoms with Crippen LogP contribution >= 0.6 is 0 Å². The Labute approximate surface area is 134 Å². The van der Waals surface area contributed by atoms with E-state index in [4.69, 9.17) is 4.74 Å². The summed E-state index contributed by atoms with van der Waals surface area (Å²) >= 11 is 0. The molecule has 2 aromatic heterocycles. The largest absolute Gasteiger partial charge is 0.461 e. The smallest absolute Gasteiger partial charge is 0.397 e. The maximum atomic E-state index is 12.1. The molecule has 126 valence electrons. The van der Waals surface area contributed by atoms with Crippen molar-refractivity contribution in [1.82, 2.24) is 9.38 Å². The number of amides is 1. The minimum atomic E-state index is -0.944. The number of esters is 1. The van der Waals surface area contributed by atoms with E-state index < -0.39 is 28.3 Å². The van der Waals surface area contributed by atoms with E-state index in [1.54, 1.807) is 13.8 Å². The molecule has 0 N–H and O–H groups in total. The van der Waals surface area contributed by atoms with Crippen LogP contribution in [0.15, 0.2) is 17.5 Å². The lowest BCUT2D eigenvalue weighted by atomic mass is 10.2. The van der Waals surface area contributed by atoms with E-state index in [9.17, 15) is 24.6 Å². The Morgan fingerprint density at radius 2 is 2.17 bits per heavy atom. The van der Waals surface area contributed by atoms with Gasteiger partial charge in [0.25, 0.3) is 5.65 Å². The van der Waals surface area contributed by atoms with Gasteiger partial charge >= 0.3 is 11.8 Å². The number of imidazole rings is 1. The molecule has 2 heterocycles. The summed E-state index contributed by atoms with van der Waals surface area (Å²) in [5.74, 6) is -2.28. The van der Waals surface area contributed by atoms with Gasteiger partial charge in [-0.15, -0.1) is 4.91 Å². The van der Waals surface area contributed by atoms with Crippen LogP contribution in [0.4, 0.5) is 11.5 Å². The summed E-state index contributed by atoms with van der Waals surface area (Å²) in [5.41, 5.74) is 0.184. The van der Waals surface area contributed by atoms with E-state index in [1.807, 2.05) is 0 Å². The van der Waals surface area contributed by atoms with Gasteiger partial charge in [-0.25, -0.2) is 4.79 Å². The summed E-state index contributed by atoms with van der Waals surface area (Å²) < 4.78 is 5.92. The number of anilines is 1. The van der Waals surface area contributed by atoms with Gasteiger partial charge in [0, 0.05) is 19.2 Å². The monoisotopic (exact) mass is 335 g/mol. The van der Waals surface area contributed by atoms with Gasteiger partial charge in [0.15, 0.2) is 0 Å². The summed E-state index contributed by atoms with van der Waals surface area (Å²) in [7, 11) is 0. The molecule has 0 aromatic carbocycles. The Bertz CT molecular complexity index is 858. The molecule has 0 spiro atoms. The molecule has 0 saturated carbocycles. The SMILES string of the molecule is CCOC(=O)c1c([N+](=O)[O-])nc2cc(C)c(N(N=O)C(C)=O)cn12. The molecule has 0 atom stereocenters. The molecule has 0 aliphatic rings. The summed E-state index contributed by atoms with van der Waals surface area (Å²) in [5, 5.41) is 14.4. The van der Waals surface area contributed by atoms with Crippen LogP contribution in [0, 0.1) is 21.9 Å². The van der Waals surface area contributed by atoms with Crippen LogP contribution in [0.5, 0.6) is 0 Å². The number of aryl methyl sites for hydroxylation is 1. The Hall–Kier alpha value is -3.37. The number of carbonyl (C=O) groups is 2. The van der Waals surface area contributed by atoms with Gasteiger partial charge in [0.2, 0.25) is 11.6 Å². The maximum absolute atomic E-state index is 12.1. The molecule has 0 aliphatic heterocycles. The Balaban J connectivity index is 2.80. The third-order valence-electron chi connectivity index (χ3n) is 3.17. The highest BCUT2D eigenvalue weighted by Crippen LogP contribution is 2.27. The Morgan fingerprint density at radius 1 is 1.50 bits per heavy atom. The van der Waals surface area contributed by atoms with Gasteiger partial charge in [-0.05, 0) is 29.3 Å². The normalized spacial score (nSPS) is 10.5. The van der Waals surface area contributed by atoms with Crippen molar-refractivity contribution in [2.75, 3.05) is 11.6 Å². The third-order valence-corrected chi connectivity index (χ3v) is 3.17. The fraction of sp³-hybridized carbons (Fsp3) is 0.308. The van der Waals surface area contributed by atoms with Crippen molar-refractivity contribution in [3.05, 3.63) is 38.5 Å². The van der Waals surface area contributed by atoms with Crippen molar-refractivity contribution < 1.29 is 19.2 Å². The van der Waals surface area contributed by atoms with Crippen LogP contribution in [0.1, 0.15) is 29.9 Å². The number of hydrogen-bond acceptors (Lipinski definition) is 8. The van der Waals surface area contributed by atoms with E-state index in [-0.39, 0.29) is 17.9 Å². The molecule has 11 heteroatoms. The first-order valence-electron chi connectivity index (χ1n) is 6.80. The number of carbonyl (C=O) groups excluding carboxylic acids is 2. The number of rotatable bonds is 5. The zero-order chi connectivity index (χ0) is 18.0. The average molecular weight is 335 g/mol. The molecule has 24 heavy (non-hydrogen) atoms. The van der Waals surface area contributed by atoms with Gasteiger partial charge in [-0.1, -0.05) is 0 Å². The second kappa shape index (κ2) is 6.40. The second-order valence-electron chi connectivity index (χ2n) is 4.74. The zero-order valence-corrected chi connectivity index (χ0v) is 13.0. The van der Waals surface area contributed by atoms with Gasteiger partial charge in [-0.3, -0.25) is 9.20 Å². The molecule has 11 nitrogen and oxygen atoms in total. The molecule has 0 fully saturated rings. The van der Waals surface area contributed by atoms with Gasteiger partial charge in [0.1, 0.15) is 0 Å². The van der Waals surface area contributed by atoms with Crippen LogP contribution in [-0.4, -0.2) is 32.8 Å². The first kappa shape index (κ1) is 17.0. The number of fused-ring (bicyclic) bond motifs is 1. The second-order valence-corrected chi connectivity index (χ2v) is 4.74. The third kappa shape index (κ3) is 2.78. The fourth-order valence-electron chi connectivity index (χ4n) is 2.17. The van der Waals surface area contributed by atoms with E-state index in [1.165, 1.54) is 12.3 Å². The number of hydrogen-bond donors (Lipinski definition) is 0. The van der Waals surface area contributed by atoms with Crippen molar-refractivity contribution in [2.24, 2.45) is 5.29 Å². The number of ether oxygens (including phenoxy) is 1. The molecular weight excluding hydrogens is 322 g/mol. The molecule has 0 bridgehead atoms. The van der Waals surface area contributed by atoms with Gasteiger partial charge < -0.3 is 14.9 Å². The average Bonchev–Trinajstić information content (AvgIpc) is 2.86. The summed E-state index contributed by atoms with van der Waals surface area (Å²) in [4.78, 5) is 48.6. The lowest BCUT2D eigenvalue weighted by Gasteiger charge is -2.13. The molecular formula is C13H13N5O6. The van der Waals surface area contributed by atoms with E-state index in [2.05, 4.69) is 10.3 Å². The predicted octanol–water partition coefficient (Wildman–Crippen LogP) is 1.76. The fourth-order valence-corrected chi connectivity index (χ4v) is 2.17. The Morgan fingerprint density at radius 3 is 2.67 bits per heavy atom. The summed E-state index contributed by atoms with van der Waals surface area (Å²) in [6, 6.07) is 1.40. The molecule has 1 amide bonds. The van der Waals surface area contributed by atoms with Crippen LogP contribution in [0.25, 0.3) is 5.65 Å². The van der Waals surface area contributed by atoms with Crippen molar-refractivity contribution in [1.29, 1.82) is 0 Å². The highest BCUT2D eigenvalue weighted by atomic mass is 16.6. The van der Waals surface area contributed by atoms with Gasteiger partial charge in [-0.2, -0.15) is 5.01 Å². The van der Waals surface area contributed by atoms with E-state index >= 15 is 0 Å². The lowest BCUT2D eigenvalue weighted by Crippen LogP contribution is -2.22. The number of nitrogens with zero attached hydrogens (tertiary/aromatic N) is 5. The molecule has 0 unspecified atom stereocenters. The van der Waals surface area contributed by atoms with Crippen molar-refractivity contribution in [3.63, 3.8) is 0 Å². The summed E-state index contributed by atoms with van der Waals surface area (Å²) in [6.45, 7) is 4.27. The van der Waals surface area contributed by atoms with Crippen LogP contribution < -0.4 is 5.01 Å². The zero-order valence-electron chi connectivity index (χ0n) is 13.0. The van der Waals surface area contributed by atoms with Crippen LogP contribution in [0.3, 0.4) is 0 Å². The summed E-state index contributed by atoms with van der Waals surface area (Å²) in [6.07, 6.45) is 1.21. The minimum absolute atomic E-state index is 0.0113. The number of pyridine rings is 1. The van der Waals surface area contributed by atoms with Gasteiger partial charge in [0.05, 0.1) is 17.6 Å². The highest BCUT2D eigenvalue weighted by Gasteiger charge is 2.31. The van der Waals surface area contributed by atoms with E-state index in [0.29, 0.717) is 10.6 Å². The highest BCUT2D eigenvalue weighted by molar-refractivity contribution is 5.94. The van der Waals surface area contributed by atoms with E-state index in [0.717, 1.165) is 11.3 Å². The maximum Gasteiger partial charge on any atom is 0.397 e. The number of aromatic nitrogens is 2. The topological polar surface area (TPSA) is 136 Å². The molecule has 2 rings (SSSR count). The predicted molar refractivity (Wildman–Crippen MR) is 81.5 cm³/mol. The lowest BCUT2D eigenvalue weighted by molar-refractivity contribution is -0.389. The molecule has 2 aromatic rings. The standard InChI is InChI=1S/C13H13N5O6/c1-4-24-13(20)11-12(18(22)23)14-10-5-7(2)9(6-16(10)11)17(15-21)8(3)19/h5-6H,4H2,1-3H3. The van der Waals surface area contributed by atoms with Crippen molar-refractivity contribution in [2.45, 2.75) is 20.8 Å². The number of nitroso groups, excluding NO2 is 1. The number of nitro groups is 1. The van der Waals surface area contributed by atoms with Crippen LogP contribution in [0.2, 0.25) is 0 Å². The Kier molecular flexibility index (Phi) is 4.53. The van der Waals surface area contributed by atoms with Crippen molar-refractivity contribution in [3.8, 4) is 0 Å². The quantitative estimate of drug-likeness (QED) is 0.351. The molecule has 0 saturated heterocycles. The first-order chi connectivity index (χ1) is 11.3. The molecule has 0 radical (unpaired) electrons. The molecule has 0 aliphatic carbocycles. The van der Waals surface area contributed by atoms with Crippen molar-refractivity contribution >= 4 is 29.0 Å². The minimum Gasteiger partial charge on any atom is -0.461 e. The van der Waals surface area contributed by atoms with Crippen LogP contribution in [-0.2, 0) is 9.53 Å². The first-order valence-corrected chi connectivity index (χ1v) is 6.80.